The fraction of sp³-hybridized carbons (Fsp3) is 0.364. The third kappa shape index (κ3) is 4.76. The molecule has 168 valence electrons. The molecule has 0 spiro atoms. The van der Waals surface area contributed by atoms with Crippen LogP contribution in [0.5, 0.6) is 0 Å². The SMILES string of the molecule is CC(C)C(=O)OCC1C[C@@H](OI)C(c2ccc3c(NC(=O)c4ccccc4)ncnn23)O1. The van der Waals surface area contributed by atoms with Crippen molar-refractivity contribution < 1.29 is 22.1 Å². The predicted octanol–water partition coefficient (Wildman–Crippen LogP) is 3.75. The second-order valence-electron chi connectivity index (χ2n) is 7.81. The third-order valence-corrected chi connectivity index (χ3v) is 5.86. The molecule has 3 heterocycles. The molecule has 0 bridgehead atoms. The van der Waals surface area contributed by atoms with E-state index in [0.717, 1.165) is 5.69 Å². The van der Waals surface area contributed by atoms with Crippen molar-refractivity contribution in [2.45, 2.75) is 38.6 Å². The Morgan fingerprint density at radius 3 is 2.75 bits per heavy atom. The quantitative estimate of drug-likeness (QED) is 0.353. The number of fused-ring (bicyclic) bond motifs is 1. The minimum Gasteiger partial charge on any atom is -0.463 e. The van der Waals surface area contributed by atoms with E-state index in [4.69, 9.17) is 12.5 Å². The van der Waals surface area contributed by atoms with Crippen molar-refractivity contribution in [2.24, 2.45) is 5.92 Å². The Bertz CT molecular complexity index is 1100. The van der Waals surface area contributed by atoms with Crippen LogP contribution in [0.1, 0.15) is 42.4 Å². The van der Waals surface area contributed by atoms with E-state index < -0.39 is 6.10 Å². The van der Waals surface area contributed by atoms with Gasteiger partial charge in [0.2, 0.25) is 0 Å². The van der Waals surface area contributed by atoms with Crippen LogP contribution in [0.15, 0.2) is 48.8 Å². The average molecular weight is 550 g/mol. The average Bonchev–Trinajstić information content (AvgIpc) is 3.42. The number of aromatic nitrogens is 3. The highest BCUT2D eigenvalue weighted by Crippen LogP contribution is 2.37. The number of benzene rings is 1. The largest absolute Gasteiger partial charge is 0.463 e. The lowest BCUT2D eigenvalue weighted by Crippen LogP contribution is -2.21. The van der Waals surface area contributed by atoms with Gasteiger partial charge >= 0.3 is 5.97 Å². The lowest BCUT2D eigenvalue weighted by molar-refractivity contribution is -0.151. The number of esters is 1. The minimum absolute atomic E-state index is 0.167. The summed E-state index contributed by atoms with van der Waals surface area (Å²) in [6, 6.07) is 12.6. The monoisotopic (exact) mass is 550 g/mol. The van der Waals surface area contributed by atoms with Crippen molar-refractivity contribution in [3.63, 3.8) is 0 Å². The number of anilines is 1. The van der Waals surface area contributed by atoms with Crippen LogP contribution < -0.4 is 5.32 Å². The molecular weight excluding hydrogens is 527 g/mol. The Kier molecular flexibility index (Phi) is 7.01. The van der Waals surface area contributed by atoms with Crippen LogP contribution in [-0.4, -0.2) is 45.3 Å². The molecule has 3 atom stereocenters. The summed E-state index contributed by atoms with van der Waals surface area (Å²) in [7, 11) is 0. The van der Waals surface area contributed by atoms with Gasteiger partial charge < -0.3 is 17.9 Å². The molecule has 32 heavy (non-hydrogen) atoms. The number of hydrogen-bond acceptors (Lipinski definition) is 7. The van der Waals surface area contributed by atoms with Gasteiger partial charge in [0.25, 0.3) is 5.91 Å². The Hall–Kier alpha value is -2.57. The van der Waals surface area contributed by atoms with Crippen molar-refractivity contribution in [3.8, 4) is 0 Å². The van der Waals surface area contributed by atoms with E-state index in [9.17, 15) is 9.59 Å². The zero-order valence-corrected chi connectivity index (χ0v) is 19.8. The molecule has 1 aliphatic heterocycles. The van der Waals surface area contributed by atoms with Crippen LogP contribution in [0, 0.1) is 5.92 Å². The lowest BCUT2D eigenvalue weighted by Gasteiger charge is -2.16. The number of nitrogens with zero attached hydrogens (tertiary/aromatic N) is 3. The van der Waals surface area contributed by atoms with E-state index >= 15 is 0 Å². The topological polar surface area (TPSA) is 104 Å². The standard InChI is InChI=1S/C22H23IN4O5/c1-13(2)22(29)30-11-15-10-18(32-23)19(31-15)16-8-9-17-20(24-12-25-27(16)17)26-21(28)14-6-4-3-5-7-14/h3-9,12-13,15,18-19H,10-11H2,1-2H3,(H,24,25,26,28)/t15?,18-,19?/m1/s1. The van der Waals surface area contributed by atoms with Crippen LogP contribution in [0.4, 0.5) is 5.82 Å². The smallest absolute Gasteiger partial charge is 0.308 e. The maximum Gasteiger partial charge on any atom is 0.308 e. The zero-order valence-electron chi connectivity index (χ0n) is 17.6. The molecule has 1 saturated heterocycles. The molecule has 4 rings (SSSR count). The van der Waals surface area contributed by atoms with Gasteiger partial charge in [-0.1, -0.05) is 32.0 Å². The number of nitrogens with one attached hydrogen (secondary N) is 1. The highest BCUT2D eigenvalue weighted by Gasteiger charge is 2.39. The van der Waals surface area contributed by atoms with Crippen molar-refractivity contribution in [1.82, 2.24) is 14.6 Å². The zero-order chi connectivity index (χ0) is 22.7. The normalized spacial score (nSPS) is 20.6. The highest BCUT2D eigenvalue weighted by atomic mass is 127. The number of rotatable bonds is 7. The number of amides is 1. The number of carbonyl (C=O) groups excluding carboxylic acids is 2. The fourth-order valence-corrected chi connectivity index (χ4v) is 4.03. The molecule has 0 radical (unpaired) electrons. The predicted molar refractivity (Wildman–Crippen MR) is 124 cm³/mol. The molecule has 10 heteroatoms. The first-order chi connectivity index (χ1) is 15.5. The lowest BCUT2D eigenvalue weighted by atomic mass is 10.1. The van der Waals surface area contributed by atoms with E-state index in [1.54, 1.807) is 42.6 Å². The first-order valence-electron chi connectivity index (χ1n) is 10.3. The summed E-state index contributed by atoms with van der Waals surface area (Å²) < 4.78 is 18.8. The molecule has 3 aromatic rings. The first kappa shape index (κ1) is 22.6. The summed E-state index contributed by atoms with van der Waals surface area (Å²) in [5.74, 6) is -0.317. The summed E-state index contributed by atoms with van der Waals surface area (Å²) in [4.78, 5) is 28.6. The van der Waals surface area contributed by atoms with E-state index in [2.05, 4.69) is 15.4 Å². The van der Waals surface area contributed by atoms with Gasteiger partial charge in [-0.3, -0.25) is 9.59 Å². The van der Waals surface area contributed by atoms with Gasteiger partial charge in [0.05, 0.1) is 17.7 Å². The second kappa shape index (κ2) is 9.92. The Labute approximate surface area is 199 Å². The maximum atomic E-state index is 12.6. The molecule has 1 N–H and O–H groups in total. The van der Waals surface area contributed by atoms with Crippen LogP contribution in [0.25, 0.3) is 5.52 Å². The van der Waals surface area contributed by atoms with Gasteiger partial charge in [-0.2, -0.15) is 5.10 Å². The second-order valence-corrected chi connectivity index (χ2v) is 8.32. The van der Waals surface area contributed by atoms with Gasteiger partial charge in [-0.05, 0) is 24.3 Å². The van der Waals surface area contributed by atoms with E-state index in [-0.39, 0.29) is 36.6 Å². The Morgan fingerprint density at radius 1 is 1.25 bits per heavy atom. The molecular formula is C22H23IN4O5. The molecule has 0 saturated carbocycles. The summed E-state index contributed by atoms with van der Waals surface area (Å²) >= 11 is 1.86. The summed E-state index contributed by atoms with van der Waals surface area (Å²) in [5.41, 5.74) is 1.93. The molecule has 1 aliphatic rings. The third-order valence-electron chi connectivity index (χ3n) is 5.21. The molecule has 0 aliphatic carbocycles. The Balaban J connectivity index is 1.54. The van der Waals surface area contributed by atoms with Crippen LogP contribution in [0.2, 0.25) is 0 Å². The van der Waals surface area contributed by atoms with E-state index in [0.29, 0.717) is 23.3 Å². The summed E-state index contributed by atoms with van der Waals surface area (Å²) in [6.07, 6.45) is 1.02. The Morgan fingerprint density at radius 2 is 2.03 bits per heavy atom. The van der Waals surface area contributed by atoms with Crippen molar-refractivity contribution in [2.75, 3.05) is 11.9 Å². The summed E-state index contributed by atoms with van der Waals surface area (Å²) in [6.45, 7) is 3.75. The highest BCUT2D eigenvalue weighted by molar-refractivity contribution is 14.1. The number of ether oxygens (including phenoxy) is 2. The van der Waals surface area contributed by atoms with Crippen LogP contribution >= 0.6 is 23.0 Å². The van der Waals surface area contributed by atoms with E-state index in [1.165, 1.54) is 6.33 Å². The van der Waals surface area contributed by atoms with Gasteiger partial charge in [-0.25, -0.2) is 9.50 Å². The fourth-order valence-electron chi connectivity index (χ4n) is 3.56. The maximum absolute atomic E-state index is 12.6. The van der Waals surface area contributed by atoms with Crippen molar-refractivity contribution in [3.05, 3.63) is 60.0 Å². The van der Waals surface area contributed by atoms with Gasteiger partial charge in [0.1, 0.15) is 53.7 Å². The molecule has 9 nitrogen and oxygen atoms in total. The molecule has 2 aromatic heterocycles. The minimum atomic E-state index is -0.412. The van der Waals surface area contributed by atoms with Gasteiger partial charge in [0, 0.05) is 12.0 Å². The molecule has 2 unspecified atom stereocenters. The summed E-state index contributed by atoms with van der Waals surface area (Å²) in [5, 5.41) is 7.19. The van der Waals surface area contributed by atoms with Gasteiger partial charge in [0.15, 0.2) is 5.82 Å². The van der Waals surface area contributed by atoms with Crippen LogP contribution in [-0.2, 0) is 17.3 Å². The first-order valence-corrected chi connectivity index (χ1v) is 11.1. The number of carbonyl (C=O) groups is 2. The molecule has 1 aromatic carbocycles. The number of hydrogen-bond donors (Lipinski definition) is 1. The van der Waals surface area contributed by atoms with E-state index in [1.807, 2.05) is 41.2 Å². The van der Waals surface area contributed by atoms with Crippen LogP contribution in [0.3, 0.4) is 0 Å². The van der Waals surface area contributed by atoms with Crippen molar-refractivity contribution >= 4 is 46.2 Å². The van der Waals surface area contributed by atoms with Crippen molar-refractivity contribution in [1.29, 1.82) is 0 Å². The molecule has 1 fully saturated rings. The van der Waals surface area contributed by atoms with Gasteiger partial charge in [-0.15, -0.1) is 0 Å². The molecule has 1 amide bonds. The number of halogens is 1.